The van der Waals surface area contributed by atoms with Gasteiger partial charge in [-0.1, -0.05) is 43.9 Å². The first kappa shape index (κ1) is 24.8. The first-order valence-electron chi connectivity index (χ1n) is 11.6. The Kier molecular flexibility index (Phi) is 9.16. The molecule has 1 amide bonds. The number of anilines is 1. The quantitative estimate of drug-likeness (QED) is 0.364. The van der Waals surface area contributed by atoms with Gasteiger partial charge >= 0.3 is 5.97 Å². The number of carbonyl (C=O) groups is 2. The van der Waals surface area contributed by atoms with E-state index in [9.17, 15) is 9.59 Å². The SMILES string of the molecule is CCOC(=O)c1c(NC(=O)CSc2nnc(CCC3CCCCC3)n2CC)sc(C)c1C. The van der Waals surface area contributed by atoms with Crippen LogP contribution in [0.25, 0.3) is 0 Å². The number of carbonyl (C=O) groups excluding carboxylic acids is 2. The molecule has 32 heavy (non-hydrogen) atoms. The molecule has 0 aliphatic heterocycles. The summed E-state index contributed by atoms with van der Waals surface area (Å²) in [4.78, 5) is 26.0. The number of hydrogen-bond donors (Lipinski definition) is 1. The third-order valence-electron chi connectivity index (χ3n) is 6.06. The zero-order chi connectivity index (χ0) is 23.1. The van der Waals surface area contributed by atoms with Crippen LogP contribution in [0.4, 0.5) is 5.00 Å². The van der Waals surface area contributed by atoms with Gasteiger partial charge in [-0.3, -0.25) is 4.79 Å². The molecule has 0 atom stereocenters. The number of hydrogen-bond acceptors (Lipinski definition) is 7. The predicted molar refractivity (Wildman–Crippen MR) is 130 cm³/mol. The number of aromatic nitrogens is 3. The Bertz CT molecular complexity index is 932. The van der Waals surface area contributed by atoms with Crippen molar-refractivity contribution in [1.29, 1.82) is 0 Å². The summed E-state index contributed by atoms with van der Waals surface area (Å²) in [6, 6.07) is 0. The summed E-state index contributed by atoms with van der Waals surface area (Å²) in [5, 5.41) is 13.0. The van der Waals surface area contributed by atoms with Gasteiger partial charge < -0.3 is 14.6 Å². The van der Waals surface area contributed by atoms with E-state index in [-0.39, 0.29) is 11.7 Å². The molecule has 0 unspecified atom stereocenters. The van der Waals surface area contributed by atoms with Crippen LogP contribution in [-0.2, 0) is 22.5 Å². The summed E-state index contributed by atoms with van der Waals surface area (Å²) in [6.45, 7) is 8.75. The largest absolute Gasteiger partial charge is 0.462 e. The van der Waals surface area contributed by atoms with Crippen molar-refractivity contribution in [2.75, 3.05) is 17.7 Å². The summed E-state index contributed by atoms with van der Waals surface area (Å²) >= 11 is 2.78. The molecule has 1 saturated carbocycles. The van der Waals surface area contributed by atoms with Crippen LogP contribution < -0.4 is 5.32 Å². The monoisotopic (exact) mass is 478 g/mol. The minimum absolute atomic E-state index is 0.170. The van der Waals surface area contributed by atoms with Crippen molar-refractivity contribution in [2.45, 2.75) is 84.3 Å². The molecule has 2 aromatic heterocycles. The fourth-order valence-electron chi connectivity index (χ4n) is 4.19. The van der Waals surface area contributed by atoms with Gasteiger partial charge in [0.2, 0.25) is 5.91 Å². The average molecular weight is 479 g/mol. The molecular weight excluding hydrogens is 444 g/mol. The lowest BCUT2D eigenvalue weighted by Crippen LogP contribution is -2.17. The van der Waals surface area contributed by atoms with E-state index in [2.05, 4.69) is 27.0 Å². The molecule has 2 aromatic rings. The van der Waals surface area contributed by atoms with Gasteiger partial charge in [-0.25, -0.2) is 4.79 Å². The fourth-order valence-corrected chi connectivity index (χ4v) is 6.08. The van der Waals surface area contributed by atoms with E-state index in [0.29, 0.717) is 17.2 Å². The lowest BCUT2D eigenvalue weighted by molar-refractivity contribution is -0.113. The highest BCUT2D eigenvalue weighted by atomic mass is 32.2. The van der Waals surface area contributed by atoms with Gasteiger partial charge in [0.15, 0.2) is 5.16 Å². The predicted octanol–water partition coefficient (Wildman–Crippen LogP) is 5.40. The van der Waals surface area contributed by atoms with Crippen LogP contribution >= 0.6 is 23.1 Å². The molecule has 0 bridgehead atoms. The van der Waals surface area contributed by atoms with Crippen LogP contribution in [0.2, 0.25) is 0 Å². The van der Waals surface area contributed by atoms with Gasteiger partial charge in [0.1, 0.15) is 10.8 Å². The number of aryl methyl sites for hydroxylation is 2. The minimum atomic E-state index is -0.398. The Morgan fingerprint density at radius 3 is 2.62 bits per heavy atom. The first-order valence-corrected chi connectivity index (χ1v) is 13.4. The highest BCUT2D eigenvalue weighted by molar-refractivity contribution is 7.99. The normalized spacial score (nSPS) is 14.5. The van der Waals surface area contributed by atoms with Crippen molar-refractivity contribution in [3.8, 4) is 0 Å². The van der Waals surface area contributed by atoms with Crippen molar-refractivity contribution in [2.24, 2.45) is 5.92 Å². The van der Waals surface area contributed by atoms with Gasteiger partial charge in [-0.2, -0.15) is 0 Å². The molecule has 0 spiro atoms. The van der Waals surface area contributed by atoms with E-state index in [4.69, 9.17) is 4.74 Å². The number of amides is 1. The Hall–Kier alpha value is -1.87. The molecule has 7 nitrogen and oxygen atoms in total. The number of rotatable bonds is 10. The Balaban J connectivity index is 1.59. The summed E-state index contributed by atoms with van der Waals surface area (Å²) in [7, 11) is 0. The van der Waals surface area contributed by atoms with Gasteiger partial charge in [0, 0.05) is 17.8 Å². The maximum absolute atomic E-state index is 12.6. The van der Waals surface area contributed by atoms with Gasteiger partial charge in [0.05, 0.1) is 17.9 Å². The molecule has 1 aliphatic rings. The van der Waals surface area contributed by atoms with E-state index in [1.165, 1.54) is 55.2 Å². The van der Waals surface area contributed by atoms with Crippen LogP contribution in [0.15, 0.2) is 5.16 Å². The maximum Gasteiger partial charge on any atom is 0.341 e. The molecule has 2 heterocycles. The van der Waals surface area contributed by atoms with Crippen molar-refractivity contribution in [3.05, 3.63) is 21.8 Å². The molecule has 176 valence electrons. The van der Waals surface area contributed by atoms with Crippen molar-refractivity contribution < 1.29 is 14.3 Å². The average Bonchev–Trinajstić information content (AvgIpc) is 3.31. The molecule has 3 rings (SSSR count). The second-order valence-corrected chi connectivity index (χ2v) is 10.4. The van der Waals surface area contributed by atoms with Crippen LogP contribution in [0.1, 0.15) is 79.0 Å². The standard InChI is InChI=1S/C23H34N4O3S2/c1-5-27-18(13-12-17-10-8-7-9-11-17)25-26-23(27)31-14-19(28)24-21-20(22(29)30-6-2)15(3)16(4)32-21/h17H,5-14H2,1-4H3,(H,24,28). The molecule has 1 fully saturated rings. The summed E-state index contributed by atoms with van der Waals surface area (Å²) < 4.78 is 7.28. The molecule has 0 radical (unpaired) electrons. The Morgan fingerprint density at radius 2 is 1.94 bits per heavy atom. The summed E-state index contributed by atoms with van der Waals surface area (Å²) in [5.41, 5.74) is 1.30. The minimum Gasteiger partial charge on any atom is -0.462 e. The van der Waals surface area contributed by atoms with Crippen molar-refractivity contribution >= 4 is 40.0 Å². The highest BCUT2D eigenvalue weighted by Crippen LogP contribution is 2.33. The third-order valence-corrected chi connectivity index (χ3v) is 8.15. The van der Waals surface area contributed by atoms with Gasteiger partial charge in [-0.05, 0) is 45.6 Å². The second kappa shape index (κ2) is 11.8. The Morgan fingerprint density at radius 1 is 1.19 bits per heavy atom. The summed E-state index contributed by atoms with van der Waals surface area (Å²) in [5.74, 6) is 1.45. The van der Waals surface area contributed by atoms with Crippen LogP contribution in [0, 0.1) is 19.8 Å². The van der Waals surface area contributed by atoms with Crippen molar-refractivity contribution in [1.82, 2.24) is 14.8 Å². The van der Waals surface area contributed by atoms with Crippen LogP contribution in [0.3, 0.4) is 0 Å². The number of ether oxygens (including phenoxy) is 1. The van der Waals surface area contributed by atoms with E-state index in [0.717, 1.165) is 46.7 Å². The molecule has 9 heteroatoms. The van der Waals surface area contributed by atoms with E-state index >= 15 is 0 Å². The molecule has 0 aromatic carbocycles. The fraction of sp³-hybridized carbons (Fsp3) is 0.652. The zero-order valence-corrected chi connectivity index (χ0v) is 21.2. The smallest absolute Gasteiger partial charge is 0.341 e. The number of thioether (sulfide) groups is 1. The Labute approximate surface area is 198 Å². The van der Waals surface area contributed by atoms with Crippen LogP contribution in [-0.4, -0.2) is 39.0 Å². The molecule has 1 aliphatic carbocycles. The number of thiophene rings is 1. The number of nitrogens with one attached hydrogen (secondary N) is 1. The third kappa shape index (κ3) is 6.13. The molecule has 1 N–H and O–H groups in total. The second-order valence-electron chi connectivity index (χ2n) is 8.23. The number of nitrogens with zero attached hydrogens (tertiary/aromatic N) is 3. The van der Waals surface area contributed by atoms with E-state index in [1.54, 1.807) is 6.92 Å². The lowest BCUT2D eigenvalue weighted by atomic mass is 9.86. The maximum atomic E-state index is 12.6. The summed E-state index contributed by atoms with van der Waals surface area (Å²) in [6.07, 6.45) is 8.84. The van der Waals surface area contributed by atoms with Gasteiger partial charge in [0.25, 0.3) is 0 Å². The topological polar surface area (TPSA) is 86.1 Å². The molecular formula is C23H34N4O3S2. The zero-order valence-electron chi connectivity index (χ0n) is 19.5. The lowest BCUT2D eigenvalue weighted by Gasteiger charge is -2.21. The van der Waals surface area contributed by atoms with Gasteiger partial charge in [-0.15, -0.1) is 21.5 Å². The van der Waals surface area contributed by atoms with Crippen LogP contribution in [0.5, 0.6) is 0 Å². The number of esters is 1. The first-order chi connectivity index (χ1) is 15.4. The van der Waals surface area contributed by atoms with E-state index in [1.807, 2.05) is 13.8 Å². The van der Waals surface area contributed by atoms with E-state index < -0.39 is 5.97 Å². The molecule has 0 saturated heterocycles. The highest BCUT2D eigenvalue weighted by Gasteiger charge is 2.23. The van der Waals surface area contributed by atoms with Crippen molar-refractivity contribution in [3.63, 3.8) is 0 Å².